The first-order valence-corrected chi connectivity index (χ1v) is 6.44. The van der Waals surface area contributed by atoms with Gasteiger partial charge in [0.25, 0.3) is 0 Å². The van der Waals surface area contributed by atoms with Crippen molar-refractivity contribution in [3.05, 3.63) is 17.8 Å². The highest BCUT2D eigenvalue weighted by Crippen LogP contribution is 2.33. The summed E-state index contributed by atoms with van der Waals surface area (Å²) in [6, 6.07) is 4.02. The lowest BCUT2D eigenvalue weighted by Crippen LogP contribution is -2.46. The normalized spacial score (nSPS) is 26.9. The Morgan fingerprint density at radius 3 is 3.17 bits per heavy atom. The van der Waals surface area contributed by atoms with Crippen LogP contribution in [-0.2, 0) is 4.79 Å². The maximum atomic E-state index is 11.7. The number of piperidine rings is 1. The standard InChI is InChI=1S/C13H18N4O/c1-8-4-5-10(14)12(16-8)17-6-2-3-9-11(17)7-15-13(9)18/h4-5,9,11H,2-3,6-7,14H2,1H3,(H,15,18). The Morgan fingerprint density at radius 2 is 2.33 bits per heavy atom. The highest BCUT2D eigenvalue weighted by molar-refractivity contribution is 5.83. The monoisotopic (exact) mass is 246 g/mol. The fourth-order valence-corrected chi connectivity index (χ4v) is 3.00. The van der Waals surface area contributed by atoms with Gasteiger partial charge in [0, 0.05) is 18.8 Å². The van der Waals surface area contributed by atoms with Crippen LogP contribution in [0.3, 0.4) is 0 Å². The second-order valence-electron chi connectivity index (χ2n) is 5.12. The first kappa shape index (κ1) is 11.3. The molecule has 3 N–H and O–H groups in total. The number of aromatic nitrogens is 1. The van der Waals surface area contributed by atoms with Crippen LogP contribution in [0.2, 0.25) is 0 Å². The third kappa shape index (κ3) is 1.70. The molecule has 2 unspecified atom stereocenters. The van der Waals surface area contributed by atoms with E-state index in [0.29, 0.717) is 12.2 Å². The van der Waals surface area contributed by atoms with Crippen molar-refractivity contribution in [2.75, 3.05) is 23.7 Å². The van der Waals surface area contributed by atoms with Gasteiger partial charge in [0.15, 0.2) is 5.82 Å². The number of amides is 1. The van der Waals surface area contributed by atoms with Crippen LogP contribution in [-0.4, -0.2) is 30.0 Å². The highest BCUT2D eigenvalue weighted by Gasteiger charge is 2.41. The molecule has 5 nitrogen and oxygen atoms in total. The van der Waals surface area contributed by atoms with Gasteiger partial charge in [0.1, 0.15) is 0 Å². The van der Waals surface area contributed by atoms with Crippen molar-refractivity contribution < 1.29 is 4.79 Å². The van der Waals surface area contributed by atoms with Gasteiger partial charge in [-0.25, -0.2) is 4.98 Å². The third-order valence-electron chi connectivity index (χ3n) is 3.92. The molecule has 2 fully saturated rings. The Kier molecular flexibility index (Phi) is 2.61. The first-order valence-electron chi connectivity index (χ1n) is 6.44. The zero-order chi connectivity index (χ0) is 12.7. The molecule has 1 aromatic heterocycles. The predicted octanol–water partition coefficient (Wildman–Crippen LogP) is 0.687. The molecule has 1 aromatic rings. The number of nitrogen functional groups attached to an aromatic ring is 1. The van der Waals surface area contributed by atoms with E-state index in [1.165, 1.54) is 0 Å². The first-order chi connectivity index (χ1) is 8.66. The number of rotatable bonds is 1. The van der Waals surface area contributed by atoms with Crippen LogP contribution in [0.5, 0.6) is 0 Å². The molecule has 2 atom stereocenters. The number of nitrogens with zero attached hydrogens (tertiary/aromatic N) is 2. The van der Waals surface area contributed by atoms with Crippen LogP contribution in [0.4, 0.5) is 11.5 Å². The summed E-state index contributed by atoms with van der Waals surface area (Å²) in [5, 5.41) is 2.95. The van der Waals surface area contributed by atoms with Gasteiger partial charge in [0.05, 0.1) is 17.6 Å². The Bertz CT molecular complexity index is 488. The van der Waals surface area contributed by atoms with E-state index in [2.05, 4.69) is 15.2 Å². The number of nitrogens with one attached hydrogen (secondary N) is 1. The van der Waals surface area contributed by atoms with Gasteiger partial charge in [-0.1, -0.05) is 0 Å². The fraction of sp³-hybridized carbons (Fsp3) is 0.538. The molecule has 2 saturated heterocycles. The molecule has 0 spiro atoms. The zero-order valence-electron chi connectivity index (χ0n) is 10.5. The maximum absolute atomic E-state index is 11.7. The van der Waals surface area contributed by atoms with E-state index in [0.717, 1.165) is 30.9 Å². The number of carbonyl (C=O) groups excluding carboxylic acids is 1. The minimum absolute atomic E-state index is 0.0977. The molecule has 0 radical (unpaired) electrons. The molecule has 0 aliphatic carbocycles. The second kappa shape index (κ2) is 4.15. The van der Waals surface area contributed by atoms with E-state index in [-0.39, 0.29) is 17.9 Å². The number of hydrogen-bond acceptors (Lipinski definition) is 4. The Balaban J connectivity index is 1.95. The molecule has 96 valence electrons. The van der Waals surface area contributed by atoms with Crippen molar-refractivity contribution in [3.8, 4) is 0 Å². The number of aryl methyl sites for hydroxylation is 1. The van der Waals surface area contributed by atoms with Crippen LogP contribution >= 0.6 is 0 Å². The SMILES string of the molecule is Cc1ccc(N)c(N2CCCC3C(=O)NCC32)n1. The minimum Gasteiger partial charge on any atom is -0.396 e. The highest BCUT2D eigenvalue weighted by atomic mass is 16.2. The van der Waals surface area contributed by atoms with E-state index < -0.39 is 0 Å². The molecule has 3 rings (SSSR count). The summed E-state index contributed by atoms with van der Waals surface area (Å²) in [6.07, 6.45) is 1.99. The van der Waals surface area contributed by atoms with Crippen LogP contribution < -0.4 is 16.0 Å². The Labute approximate surface area is 106 Å². The third-order valence-corrected chi connectivity index (χ3v) is 3.92. The van der Waals surface area contributed by atoms with E-state index in [4.69, 9.17) is 5.73 Å². The molecule has 0 saturated carbocycles. The number of pyridine rings is 1. The van der Waals surface area contributed by atoms with Crippen molar-refractivity contribution in [2.45, 2.75) is 25.8 Å². The van der Waals surface area contributed by atoms with Gasteiger partial charge < -0.3 is 16.0 Å². The number of fused-ring (bicyclic) bond motifs is 1. The van der Waals surface area contributed by atoms with Gasteiger partial charge in [-0.15, -0.1) is 0 Å². The molecule has 18 heavy (non-hydrogen) atoms. The molecule has 0 bridgehead atoms. The van der Waals surface area contributed by atoms with E-state index in [1.807, 2.05) is 19.1 Å². The lowest BCUT2D eigenvalue weighted by Gasteiger charge is -2.37. The molecular formula is C13H18N4O. The second-order valence-corrected chi connectivity index (χ2v) is 5.12. The van der Waals surface area contributed by atoms with Gasteiger partial charge in [-0.2, -0.15) is 0 Å². The van der Waals surface area contributed by atoms with E-state index >= 15 is 0 Å². The Morgan fingerprint density at radius 1 is 1.50 bits per heavy atom. The van der Waals surface area contributed by atoms with Crippen molar-refractivity contribution in [1.29, 1.82) is 0 Å². The molecule has 1 amide bonds. The zero-order valence-corrected chi connectivity index (χ0v) is 10.5. The van der Waals surface area contributed by atoms with Crippen LogP contribution in [0.15, 0.2) is 12.1 Å². The lowest BCUT2D eigenvalue weighted by molar-refractivity contribution is -0.122. The molecule has 5 heteroatoms. The van der Waals surface area contributed by atoms with Gasteiger partial charge in [0.2, 0.25) is 5.91 Å². The summed E-state index contributed by atoms with van der Waals surface area (Å²) >= 11 is 0. The van der Waals surface area contributed by atoms with Crippen molar-refractivity contribution >= 4 is 17.4 Å². The largest absolute Gasteiger partial charge is 0.396 e. The minimum atomic E-state index is 0.0977. The van der Waals surface area contributed by atoms with Gasteiger partial charge >= 0.3 is 0 Å². The predicted molar refractivity (Wildman–Crippen MR) is 70.3 cm³/mol. The fourth-order valence-electron chi connectivity index (χ4n) is 3.00. The average Bonchev–Trinajstić information content (AvgIpc) is 2.75. The van der Waals surface area contributed by atoms with Gasteiger partial charge in [-0.3, -0.25) is 4.79 Å². The number of hydrogen-bond donors (Lipinski definition) is 2. The Hall–Kier alpha value is -1.78. The summed E-state index contributed by atoms with van der Waals surface area (Å²) in [5.74, 6) is 1.11. The lowest BCUT2D eigenvalue weighted by atomic mass is 9.91. The quantitative estimate of drug-likeness (QED) is 0.764. The molecule has 0 aromatic carbocycles. The van der Waals surface area contributed by atoms with Gasteiger partial charge in [-0.05, 0) is 31.9 Å². The summed E-state index contributed by atoms with van der Waals surface area (Å²) in [5.41, 5.74) is 7.68. The maximum Gasteiger partial charge on any atom is 0.225 e. The summed E-state index contributed by atoms with van der Waals surface area (Å²) < 4.78 is 0. The molecular weight excluding hydrogens is 228 g/mol. The van der Waals surface area contributed by atoms with Crippen LogP contribution in [0.25, 0.3) is 0 Å². The van der Waals surface area contributed by atoms with Crippen molar-refractivity contribution in [1.82, 2.24) is 10.3 Å². The average molecular weight is 246 g/mol. The summed E-state index contributed by atoms with van der Waals surface area (Å²) in [4.78, 5) is 18.5. The number of anilines is 2. The van der Waals surface area contributed by atoms with Crippen LogP contribution in [0, 0.1) is 12.8 Å². The van der Waals surface area contributed by atoms with E-state index in [9.17, 15) is 4.79 Å². The molecule has 2 aliphatic heterocycles. The van der Waals surface area contributed by atoms with Crippen molar-refractivity contribution in [2.24, 2.45) is 5.92 Å². The number of nitrogens with two attached hydrogens (primary N) is 1. The smallest absolute Gasteiger partial charge is 0.225 e. The van der Waals surface area contributed by atoms with Crippen molar-refractivity contribution in [3.63, 3.8) is 0 Å². The topological polar surface area (TPSA) is 71.2 Å². The summed E-state index contributed by atoms with van der Waals surface area (Å²) in [6.45, 7) is 3.60. The summed E-state index contributed by atoms with van der Waals surface area (Å²) in [7, 11) is 0. The molecule has 2 aliphatic rings. The van der Waals surface area contributed by atoms with Crippen LogP contribution in [0.1, 0.15) is 18.5 Å². The van der Waals surface area contributed by atoms with E-state index in [1.54, 1.807) is 0 Å². The number of carbonyl (C=O) groups is 1. The molecule has 3 heterocycles.